The second-order valence-corrected chi connectivity index (χ2v) is 6.24. The molecule has 0 bridgehead atoms. The van der Waals surface area contributed by atoms with Gasteiger partial charge in [0.15, 0.2) is 0 Å². The predicted octanol–water partition coefficient (Wildman–Crippen LogP) is 1.24. The smallest absolute Gasteiger partial charge is 0.0586 e. The molecule has 0 aromatic carbocycles. The maximum atomic E-state index is 9.48. The number of hydrogen-bond donors (Lipinski definition) is 2. The monoisotopic (exact) mass is 270 g/mol. The number of aliphatic hydroxyl groups excluding tert-OH is 1. The van der Waals surface area contributed by atoms with Crippen LogP contribution in [-0.2, 0) is 4.74 Å². The first kappa shape index (κ1) is 15.2. The number of hydrogen-bond acceptors (Lipinski definition) is 4. The molecule has 0 spiro atoms. The largest absolute Gasteiger partial charge is 0.395 e. The van der Waals surface area contributed by atoms with Gasteiger partial charge in [-0.3, -0.25) is 4.90 Å². The van der Waals surface area contributed by atoms with Crippen molar-refractivity contribution >= 4 is 0 Å². The molecule has 4 heteroatoms. The van der Waals surface area contributed by atoms with Crippen LogP contribution in [0.3, 0.4) is 0 Å². The molecule has 0 aromatic heterocycles. The van der Waals surface area contributed by atoms with Crippen LogP contribution in [0.1, 0.15) is 39.0 Å². The normalized spacial score (nSPS) is 27.8. The van der Waals surface area contributed by atoms with Gasteiger partial charge >= 0.3 is 0 Å². The van der Waals surface area contributed by atoms with Gasteiger partial charge in [0, 0.05) is 32.3 Å². The van der Waals surface area contributed by atoms with Gasteiger partial charge in [-0.25, -0.2) is 0 Å². The highest BCUT2D eigenvalue weighted by molar-refractivity contribution is 4.91. The molecule has 2 aliphatic heterocycles. The molecule has 19 heavy (non-hydrogen) atoms. The van der Waals surface area contributed by atoms with Crippen LogP contribution in [0.5, 0.6) is 0 Å². The van der Waals surface area contributed by atoms with E-state index in [9.17, 15) is 5.11 Å². The van der Waals surface area contributed by atoms with Crippen molar-refractivity contribution in [1.82, 2.24) is 10.2 Å². The van der Waals surface area contributed by atoms with Crippen molar-refractivity contribution in [3.63, 3.8) is 0 Å². The fourth-order valence-corrected chi connectivity index (χ4v) is 3.47. The molecule has 2 rings (SSSR count). The lowest BCUT2D eigenvalue weighted by Crippen LogP contribution is -2.49. The van der Waals surface area contributed by atoms with E-state index in [1.54, 1.807) is 0 Å². The van der Waals surface area contributed by atoms with Crippen LogP contribution >= 0.6 is 0 Å². The Labute approximate surface area is 117 Å². The third kappa shape index (κ3) is 4.15. The summed E-state index contributed by atoms with van der Waals surface area (Å²) >= 11 is 0. The van der Waals surface area contributed by atoms with Crippen LogP contribution in [0, 0.1) is 5.41 Å². The Morgan fingerprint density at radius 2 is 2.16 bits per heavy atom. The summed E-state index contributed by atoms with van der Waals surface area (Å²) in [6, 6.07) is 0.394. The van der Waals surface area contributed by atoms with E-state index in [0.717, 1.165) is 58.7 Å². The van der Waals surface area contributed by atoms with E-state index >= 15 is 0 Å². The summed E-state index contributed by atoms with van der Waals surface area (Å²) in [6.45, 7) is 8.79. The van der Waals surface area contributed by atoms with Crippen molar-refractivity contribution in [3.05, 3.63) is 0 Å². The number of likely N-dealkylation sites (tertiary alicyclic amines) is 1. The van der Waals surface area contributed by atoms with E-state index in [1.165, 1.54) is 12.8 Å². The lowest BCUT2D eigenvalue weighted by molar-refractivity contribution is -0.00990. The highest BCUT2D eigenvalue weighted by atomic mass is 16.5. The molecule has 2 N–H and O–H groups in total. The Bertz CT molecular complexity index is 255. The van der Waals surface area contributed by atoms with Crippen molar-refractivity contribution < 1.29 is 9.84 Å². The molecule has 4 nitrogen and oxygen atoms in total. The highest BCUT2D eigenvalue weighted by Gasteiger charge is 2.37. The minimum Gasteiger partial charge on any atom is -0.395 e. The molecule has 112 valence electrons. The van der Waals surface area contributed by atoms with E-state index in [2.05, 4.69) is 17.1 Å². The van der Waals surface area contributed by atoms with E-state index in [1.807, 2.05) is 0 Å². The topological polar surface area (TPSA) is 44.7 Å². The van der Waals surface area contributed by atoms with Gasteiger partial charge in [-0.15, -0.1) is 0 Å². The first-order chi connectivity index (χ1) is 9.29. The molecule has 0 radical (unpaired) electrons. The Morgan fingerprint density at radius 3 is 2.84 bits per heavy atom. The second kappa shape index (κ2) is 7.58. The van der Waals surface area contributed by atoms with Crippen molar-refractivity contribution in [1.29, 1.82) is 0 Å². The SMILES string of the molecule is CCCNCC1(CN2CCCC2CO)CCOCC1. The van der Waals surface area contributed by atoms with Crippen LogP contribution in [0.4, 0.5) is 0 Å². The zero-order valence-corrected chi connectivity index (χ0v) is 12.4. The summed E-state index contributed by atoms with van der Waals surface area (Å²) in [7, 11) is 0. The Balaban J connectivity index is 1.92. The van der Waals surface area contributed by atoms with Gasteiger partial charge in [-0.1, -0.05) is 6.92 Å². The minimum atomic E-state index is 0.314. The molecular formula is C15H30N2O2. The summed E-state index contributed by atoms with van der Waals surface area (Å²) in [5.41, 5.74) is 0.352. The van der Waals surface area contributed by atoms with Gasteiger partial charge in [0.2, 0.25) is 0 Å². The molecule has 2 aliphatic rings. The Morgan fingerprint density at radius 1 is 1.37 bits per heavy atom. The van der Waals surface area contributed by atoms with Gasteiger partial charge in [0.05, 0.1) is 6.61 Å². The van der Waals surface area contributed by atoms with E-state index in [4.69, 9.17) is 4.74 Å². The van der Waals surface area contributed by atoms with Crippen LogP contribution in [-0.4, -0.2) is 62.0 Å². The van der Waals surface area contributed by atoms with Crippen LogP contribution in [0.25, 0.3) is 0 Å². The minimum absolute atomic E-state index is 0.314. The summed E-state index contributed by atoms with van der Waals surface area (Å²) in [6.07, 6.45) is 5.89. The quantitative estimate of drug-likeness (QED) is 0.683. The maximum Gasteiger partial charge on any atom is 0.0586 e. The maximum absolute atomic E-state index is 9.48. The predicted molar refractivity (Wildman–Crippen MR) is 77.3 cm³/mol. The van der Waals surface area contributed by atoms with Gasteiger partial charge in [0.25, 0.3) is 0 Å². The fourth-order valence-electron chi connectivity index (χ4n) is 3.47. The standard InChI is InChI=1S/C15H30N2O2/c1-2-7-16-12-15(5-9-19-10-6-15)13-17-8-3-4-14(17)11-18/h14,16,18H,2-13H2,1H3. The number of rotatable bonds is 7. The molecule has 0 saturated carbocycles. The lowest BCUT2D eigenvalue weighted by Gasteiger charge is -2.41. The molecule has 0 aromatic rings. The molecule has 2 heterocycles. The average molecular weight is 270 g/mol. The Hall–Kier alpha value is -0.160. The molecule has 0 aliphatic carbocycles. The van der Waals surface area contributed by atoms with E-state index in [0.29, 0.717) is 18.1 Å². The number of ether oxygens (including phenoxy) is 1. The third-order valence-corrected chi connectivity index (χ3v) is 4.73. The summed E-state index contributed by atoms with van der Waals surface area (Å²) < 4.78 is 5.55. The highest BCUT2D eigenvalue weighted by Crippen LogP contribution is 2.33. The number of nitrogens with one attached hydrogen (secondary N) is 1. The third-order valence-electron chi connectivity index (χ3n) is 4.73. The van der Waals surface area contributed by atoms with E-state index < -0.39 is 0 Å². The first-order valence-corrected chi connectivity index (χ1v) is 7.93. The van der Waals surface area contributed by atoms with Gasteiger partial charge in [0.1, 0.15) is 0 Å². The second-order valence-electron chi connectivity index (χ2n) is 6.24. The van der Waals surface area contributed by atoms with Gasteiger partial charge < -0.3 is 15.2 Å². The molecule has 2 fully saturated rings. The van der Waals surface area contributed by atoms with Gasteiger partial charge in [-0.05, 0) is 50.6 Å². The van der Waals surface area contributed by atoms with Crippen molar-refractivity contribution in [2.75, 3.05) is 46.0 Å². The lowest BCUT2D eigenvalue weighted by atomic mass is 9.79. The van der Waals surface area contributed by atoms with Gasteiger partial charge in [-0.2, -0.15) is 0 Å². The molecule has 2 saturated heterocycles. The first-order valence-electron chi connectivity index (χ1n) is 7.93. The molecular weight excluding hydrogens is 240 g/mol. The van der Waals surface area contributed by atoms with Crippen LogP contribution in [0.2, 0.25) is 0 Å². The molecule has 1 atom stereocenters. The summed E-state index contributed by atoms with van der Waals surface area (Å²) in [4.78, 5) is 2.51. The van der Waals surface area contributed by atoms with Crippen molar-refractivity contribution in [3.8, 4) is 0 Å². The average Bonchev–Trinajstić information content (AvgIpc) is 2.87. The molecule has 0 amide bonds. The number of aliphatic hydroxyl groups is 1. The Kier molecular flexibility index (Phi) is 6.07. The van der Waals surface area contributed by atoms with Crippen molar-refractivity contribution in [2.45, 2.75) is 45.1 Å². The summed E-state index contributed by atoms with van der Waals surface area (Å²) in [5, 5.41) is 13.1. The van der Waals surface area contributed by atoms with E-state index in [-0.39, 0.29) is 0 Å². The summed E-state index contributed by atoms with van der Waals surface area (Å²) in [5.74, 6) is 0. The van der Waals surface area contributed by atoms with Crippen LogP contribution < -0.4 is 5.32 Å². The zero-order valence-electron chi connectivity index (χ0n) is 12.4. The molecule has 1 unspecified atom stereocenters. The fraction of sp³-hybridized carbons (Fsp3) is 1.00. The van der Waals surface area contributed by atoms with Crippen molar-refractivity contribution in [2.24, 2.45) is 5.41 Å². The zero-order chi connectivity index (χ0) is 13.6. The van der Waals surface area contributed by atoms with Crippen LogP contribution in [0.15, 0.2) is 0 Å². The number of nitrogens with zero attached hydrogens (tertiary/aromatic N) is 1.